The van der Waals surface area contributed by atoms with Gasteiger partial charge in [-0.1, -0.05) is 60.7 Å². The normalized spacial score (nSPS) is 10.6. The standard InChI is InChI=1S/C21H23NO.ClH/c1-22(2)16-19-10-4-3-8-17(19)14-15-23-21-13-7-11-18-9-5-6-12-20(18)21;/h3-13H,14-16H2,1-2H3;1H. The minimum atomic E-state index is 0. The van der Waals surface area contributed by atoms with Crippen LogP contribution in [-0.2, 0) is 13.0 Å². The molecule has 0 radical (unpaired) electrons. The summed E-state index contributed by atoms with van der Waals surface area (Å²) < 4.78 is 6.07. The van der Waals surface area contributed by atoms with Gasteiger partial charge in [0.05, 0.1) is 6.61 Å². The van der Waals surface area contributed by atoms with Crippen molar-refractivity contribution in [2.45, 2.75) is 13.0 Å². The van der Waals surface area contributed by atoms with E-state index in [4.69, 9.17) is 4.74 Å². The van der Waals surface area contributed by atoms with Crippen molar-refractivity contribution >= 4 is 23.2 Å². The van der Waals surface area contributed by atoms with E-state index >= 15 is 0 Å². The Kier molecular flexibility index (Phi) is 6.65. The topological polar surface area (TPSA) is 12.5 Å². The van der Waals surface area contributed by atoms with Crippen LogP contribution in [0.1, 0.15) is 11.1 Å². The third-order valence-corrected chi connectivity index (χ3v) is 3.98. The van der Waals surface area contributed by atoms with E-state index in [0.29, 0.717) is 6.61 Å². The van der Waals surface area contributed by atoms with Gasteiger partial charge < -0.3 is 9.64 Å². The molecule has 3 aromatic rings. The minimum absolute atomic E-state index is 0. The lowest BCUT2D eigenvalue weighted by atomic mass is 10.0. The predicted octanol–water partition coefficient (Wildman–Crippen LogP) is 4.94. The van der Waals surface area contributed by atoms with Gasteiger partial charge in [-0.15, -0.1) is 12.4 Å². The van der Waals surface area contributed by atoms with Gasteiger partial charge in [-0.3, -0.25) is 0 Å². The molecule has 0 amide bonds. The largest absolute Gasteiger partial charge is 0.493 e. The summed E-state index contributed by atoms with van der Waals surface area (Å²) in [6.07, 6.45) is 0.924. The predicted molar refractivity (Wildman–Crippen MR) is 104 cm³/mol. The van der Waals surface area contributed by atoms with E-state index in [2.05, 4.69) is 79.7 Å². The molecule has 0 saturated heterocycles. The number of benzene rings is 3. The molecule has 0 fully saturated rings. The lowest BCUT2D eigenvalue weighted by Gasteiger charge is -2.15. The third-order valence-electron chi connectivity index (χ3n) is 3.98. The maximum absolute atomic E-state index is 6.07. The second-order valence-corrected chi connectivity index (χ2v) is 6.08. The van der Waals surface area contributed by atoms with Crippen LogP contribution in [0.2, 0.25) is 0 Å². The number of hydrogen-bond donors (Lipinski definition) is 0. The first-order valence-electron chi connectivity index (χ1n) is 8.06. The highest BCUT2D eigenvalue weighted by Gasteiger charge is 2.05. The van der Waals surface area contributed by atoms with E-state index in [1.165, 1.54) is 21.9 Å². The number of rotatable bonds is 6. The Bertz CT molecular complexity index is 780. The highest BCUT2D eigenvalue weighted by atomic mass is 35.5. The second kappa shape index (κ2) is 8.72. The second-order valence-electron chi connectivity index (χ2n) is 6.08. The summed E-state index contributed by atoms with van der Waals surface area (Å²) in [6, 6.07) is 23.2. The first-order chi connectivity index (χ1) is 11.2. The van der Waals surface area contributed by atoms with Crippen LogP contribution in [-0.4, -0.2) is 25.6 Å². The van der Waals surface area contributed by atoms with Gasteiger partial charge in [0.1, 0.15) is 5.75 Å². The Balaban J connectivity index is 0.00000208. The Morgan fingerprint density at radius 2 is 1.46 bits per heavy atom. The zero-order valence-corrected chi connectivity index (χ0v) is 15.1. The fourth-order valence-electron chi connectivity index (χ4n) is 2.89. The maximum Gasteiger partial charge on any atom is 0.127 e. The Morgan fingerprint density at radius 1 is 0.792 bits per heavy atom. The molecule has 2 nitrogen and oxygen atoms in total. The molecule has 126 valence electrons. The van der Waals surface area contributed by atoms with Gasteiger partial charge in [0.15, 0.2) is 0 Å². The number of ether oxygens (including phenoxy) is 1. The van der Waals surface area contributed by atoms with Gasteiger partial charge in [0.25, 0.3) is 0 Å². The van der Waals surface area contributed by atoms with E-state index in [1.54, 1.807) is 0 Å². The molecule has 3 rings (SSSR count). The quantitative estimate of drug-likeness (QED) is 0.629. The van der Waals surface area contributed by atoms with Crippen LogP contribution in [0.4, 0.5) is 0 Å². The van der Waals surface area contributed by atoms with Gasteiger partial charge in [-0.05, 0) is 36.7 Å². The van der Waals surface area contributed by atoms with E-state index in [0.717, 1.165) is 18.7 Å². The van der Waals surface area contributed by atoms with Crippen molar-refractivity contribution in [3.05, 3.63) is 77.9 Å². The van der Waals surface area contributed by atoms with E-state index < -0.39 is 0 Å². The first-order valence-corrected chi connectivity index (χ1v) is 8.06. The molecule has 0 spiro atoms. The Hall–Kier alpha value is -2.03. The molecular weight excluding hydrogens is 318 g/mol. The molecule has 24 heavy (non-hydrogen) atoms. The van der Waals surface area contributed by atoms with Crippen LogP contribution in [0.5, 0.6) is 5.75 Å². The molecule has 0 heterocycles. The van der Waals surface area contributed by atoms with E-state index in [9.17, 15) is 0 Å². The van der Waals surface area contributed by atoms with Gasteiger partial charge in [-0.2, -0.15) is 0 Å². The number of halogens is 1. The lowest BCUT2D eigenvalue weighted by Crippen LogP contribution is -2.13. The molecule has 3 heteroatoms. The summed E-state index contributed by atoms with van der Waals surface area (Å²) in [5.74, 6) is 0.966. The summed E-state index contributed by atoms with van der Waals surface area (Å²) in [6.45, 7) is 1.66. The number of hydrogen-bond acceptors (Lipinski definition) is 2. The van der Waals surface area contributed by atoms with Crippen molar-refractivity contribution in [3.63, 3.8) is 0 Å². The van der Waals surface area contributed by atoms with Gasteiger partial charge in [-0.25, -0.2) is 0 Å². The molecule has 0 aliphatic heterocycles. The lowest BCUT2D eigenvalue weighted by molar-refractivity contribution is 0.324. The van der Waals surface area contributed by atoms with Gasteiger partial charge in [0, 0.05) is 18.4 Å². The molecule has 0 unspecified atom stereocenters. The summed E-state index contributed by atoms with van der Waals surface area (Å²) in [4.78, 5) is 2.20. The zero-order valence-electron chi connectivity index (χ0n) is 14.2. The average Bonchev–Trinajstić information content (AvgIpc) is 2.56. The molecule has 0 N–H and O–H groups in total. The molecular formula is C21H24ClNO. The van der Waals surface area contributed by atoms with Crippen LogP contribution in [0, 0.1) is 0 Å². The molecule has 0 aliphatic carbocycles. The van der Waals surface area contributed by atoms with E-state index in [-0.39, 0.29) is 12.4 Å². The van der Waals surface area contributed by atoms with Crippen molar-refractivity contribution in [3.8, 4) is 5.75 Å². The van der Waals surface area contributed by atoms with Crippen molar-refractivity contribution in [2.24, 2.45) is 0 Å². The number of nitrogens with zero attached hydrogens (tertiary/aromatic N) is 1. The summed E-state index contributed by atoms with van der Waals surface area (Å²) in [5, 5.41) is 2.40. The van der Waals surface area contributed by atoms with Crippen LogP contribution >= 0.6 is 12.4 Å². The molecule has 0 aromatic heterocycles. The minimum Gasteiger partial charge on any atom is -0.493 e. The molecule has 0 saturated carbocycles. The fourth-order valence-corrected chi connectivity index (χ4v) is 2.89. The van der Waals surface area contributed by atoms with E-state index in [1.807, 2.05) is 6.07 Å². The van der Waals surface area contributed by atoms with Crippen LogP contribution in [0.15, 0.2) is 66.7 Å². The summed E-state index contributed by atoms with van der Waals surface area (Å²) in [7, 11) is 4.20. The zero-order chi connectivity index (χ0) is 16.1. The summed E-state index contributed by atoms with van der Waals surface area (Å²) in [5.41, 5.74) is 2.74. The third kappa shape index (κ3) is 4.50. The monoisotopic (exact) mass is 341 g/mol. The van der Waals surface area contributed by atoms with Crippen molar-refractivity contribution in [1.29, 1.82) is 0 Å². The SMILES string of the molecule is CN(C)Cc1ccccc1CCOc1cccc2ccccc12.Cl. The highest BCUT2D eigenvalue weighted by Crippen LogP contribution is 2.25. The molecule has 0 bridgehead atoms. The Labute approximate surface area is 150 Å². The van der Waals surface area contributed by atoms with Crippen molar-refractivity contribution < 1.29 is 4.74 Å². The summed E-state index contributed by atoms with van der Waals surface area (Å²) >= 11 is 0. The Morgan fingerprint density at radius 3 is 2.25 bits per heavy atom. The van der Waals surface area contributed by atoms with Crippen molar-refractivity contribution in [1.82, 2.24) is 4.90 Å². The molecule has 3 aromatic carbocycles. The fraction of sp³-hybridized carbons (Fsp3) is 0.238. The average molecular weight is 342 g/mol. The molecule has 0 atom stereocenters. The van der Waals surface area contributed by atoms with Gasteiger partial charge >= 0.3 is 0 Å². The first kappa shape index (κ1) is 18.3. The van der Waals surface area contributed by atoms with Crippen molar-refractivity contribution in [2.75, 3.05) is 20.7 Å². The highest BCUT2D eigenvalue weighted by molar-refractivity contribution is 5.88. The maximum atomic E-state index is 6.07. The number of fused-ring (bicyclic) bond motifs is 1. The molecule has 0 aliphatic rings. The van der Waals surface area contributed by atoms with Gasteiger partial charge in [0.2, 0.25) is 0 Å². The van der Waals surface area contributed by atoms with Crippen LogP contribution in [0.25, 0.3) is 10.8 Å². The smallest absolute Gasteiger partial charge is 0.127 e. The van der Waals surface area contributed by atoms with Crippen LogP contribution in [0.3, 0.4) is 0 Å². The van der Waals surface area contributed by atoms with Crippen LogP contribution < -0.4 is 4.74 Å².